The monoisotopic (exact) mass is 382 g/mol. The lowest BCUT2D eigenvalue weighted by Gasteiger charge is -2.28. The molecule has 0 bridgehead atoms. The number of halogens is 1. The first-order valence-electron chi connectivity index (χ1n) is 8.45. The van der Waals surface area contributed by atoms with E-state index < -0.39 is 0 Å². The van der Waals surface area contributed by atoms with Crippen molar-refractivity contribution in [1.82, 2.24) is 10.2 Å². The molecule has 1 amide bonds. The van der Waals surface area contributed by atoms with Crippen LogP contribution in [0.1, 0.15) is 31.7 Å². The molecule has 0 unspecified atom stereocenters. The van der Waals surface area contributed by atoms with Crippen molar-refractivity contribution in [1.29, 1.82) is 0 Å². The highest BCUT2D eigenvalue weighted by atomic mass is 79.9. The number of ether oxygens (including phenoxy) is 1. The largest absolute Gasteiger partial charge is 0.483 e. The first-order chi connectivity index (χ1) is 11.1. The number of nitrogens with zero attached hydrogens (tertiary/aromatic N) is 1. The van der Waals surface area contributed by atoms with E-state index in [1.54, 1.807) is 0 Å². The van der Waals surface area contributed by atoms with Crippen LogP contribution in [0.3, 0.4) is 0 Å². The third-order valence-corrected chi connectivity index (χ3v) is 5.10. The fourth-order valence-electron chi connectivity index (χ4n) is 2.84. The van der Waals surface area contributed by atoms with Crippen LogP contribution in [0, 0.1) is 5.92 Å². The van der Waals surface area contributed by atoms with Gasteiger partial charge in [-0.1, -0.05) is 13.0 Å². The molecule has 0 aliphatic carbocycles. The number of rotatable bonds is 7. The van der Waals surface area contributed by atoms with Crippen LogP contribution < -0.4 is 10.1 Å². The quantitative estimate of drug-likeness (QED) is 0.786. The van der Waals surface area contributed by atoms with Crippen LogP contribution in [-0.4, -0.2) is 44.1 Å². The molecule has 0 spiro atoms. The molecule has 0 saturated carbocycles. The van der Waals surface area contributed by atoms with Crippen LogP contribution >= 0.6 is 15.9 Å². The molecule has 23 heavy (non-hydrogen) atoms. The summed E-state index contributed by atoms with van der Waals surface area (Å²) < 4.78 is 6.49. The van der Waals surface area contributed by atoms with Gasteiger partial charge in [-0.3, -0.25) is 4.79 Å². The van der Waals surface area contributed by atoms with E-state index in [4.69, 9.17) is 4.74 Å². The zero-order chi connectivity index (χ0) is 16.7. The van der Waals surface area contributed by atoms with Crippen molar-refractivity contribution < 1.29 is 9.53 Å². The molecule has 1 saturated heterocycles. The number of nitrogens with one attached hydrogen (secondary N) is 1. The molecule has 128 valence electrons. The standard InChI is InChI=1S/C18H27BrN2O2/c1-3-14-4-5-17(16(19)12-14)23-13-18(22)20-9-6-15-7-10-21(2)11-8-15/h4-5,12,15H,3,6-11,13H2,1-2H3,(H,20,22). The zero-order valence-electron chi connectivity index (χ0n) is 14.1. The molecular weight excluding hydrogens is 356 g/mol. The predicted octanol–water partition coefficient (Wildman–Crippen LogP) is 3.24. The molecule has 0 atom stereocenters. The third kappa shape index (κ3) is 6.15. The molecule has 0 radical (unpaired) electrons. The smallest absolute Gasteiger partial charge is 0.257 e. The lowest BCUT2D eigenvalue weighted by atomic mass is 9.94. The first-order valence-corrected chi connectivity index (χ1v) is 9.24. The Morgan fingerprint density at radius 1 is 1.39 bits per heavy atom. The van der Waals surface area contributed by atoms with Gasteiger partial charge in [0.2, 0.25) is 0 Å². The lowest BCUT2D eigenvalue weighted by molar-refractivity contribution is -0.123. The molecule has 1 heterocycles. The Bertz CT molecular complexity index is 514. The van der Waals surface area contributed by atoms with Gasteiger partial charge in [0.15, 0.2) is 6.61 Å². The summed E-state index contributed by atoms with van der Waals surface area (Å²) in [5.74, 6) is 1.40. The number of benzene rings is 1. The van der Waals surface area contributed by atoms with E-state index in [0.717, 1.165) is 29.8 Å². The summed E-state index contributed by atoms with van der Waals surface area (Å²) in [4.78, 5) is 14.3. The average Bonchev–Trinajstić information content (AvgIpc) is 2.55. The van der Waals surface area contributed by atoms with Crippen LogP contribution in [0.5, 0.6) is 5.75 Å². The van der Waals surface area contributed by atoms with Crippen molar-refractivity contribution in [3.63, 3.8) is 0 Å². The summed E-state index contributed by atoms with van der Waals surface area (Å²) in [6.07, 6.45) is 4.52. The van der Waals surface area contributed by atoms with E-state index in [1.165, 1.54) is 31.5 Å². The van der Waals surface area contributed by atoms with Crippen LogP contribution in [-0.2, 0) is 11.2 Å². The molecule has 1 aromatic rings. The van der Waals surface area contributed by atoms with Gasteiger partial charge in [-0.2, -0.15) is 0 Å². The van der Waals surface area contributed by atoms with Crippen molar-refractivity contribution in [2.75, 3.05) is 33.3 Å². The number of piperidine rings is 1. The number of amides is 1. The van der Waals surface area contributed by atoms with Gasteiger partial charge in [-0.15, -0.1) is 0 Å². The fraction of sp³-hybridized carbons (Fsp3) is 0.611. The second-order valence-corrected chi connectivity index (χ2v) is 7.15. The van der Waals surface area contributed by atoms with Gasteiger partial charge in [0, 0.05) is 6.54 Å². The minimum atomic E-state index is -0.0515. The highest BCUT2D eigenvalue weighted by Gasteiger charge is 2.16. The number of hydrogen-bond donors (Lipinski definition) is 1. The van der Waals surface area contributed by atoms with Crippen molar-refractivity contribution >= 4 is 21.8 Å². The summed E-state index contributed by atoms with van der Waals surface area (Å²) in [5, 5.41) is 2.96. The second-order valence-electron chi connectivity index (χ2n) is 6.29. The summed E-state index contributed by atoms with van der Waals surface area (Å²) in [6.45, 7) is 5.26. The summed E-state index contributed by atoms with van der Waals surface area (Å²) in [7, 11) is 2.17. The van der Waals surface area contributed by atoms with Crippen LogP contribution in [0.2, 0.25) is 0 Å². The number of likely N-dealkylation sites (tertiary alicyclic amines) is 1. The number of carbonyl (C=O) groups is 1. The van der Waals surface area contributed by atoms with Gasteiger partial charge in [0.05, 0.1) is 4.47 Å². The van der Waals surface area contributed by atoms with E-state index in [-0.39, 0.29) is 12.5 Å². The van der Waals surface area contributed by atoms with Crippen molar-refractivity contribution in [2.45, 2.75) is 32.6 Å². The van der Waals surface area contributed by atoms with Crippen molar-refractivity contribution in [2.24, 2.45) is 5.92 Å². The number of hydrogen-bond acceptors (Lipinski definition) is 3. The molecule has 1 N–H and O–H groups in total. The van der Waals surface area contributed by atoms with Gasteiger partial charge in [0.25, 0.3) is 5.91 Å². The average molecular weight is 383 g/mol. The lowest BCUT2D eigenvalue weighted by Crippen LogP contribution is -2.34. The number of carbonyl (C=O) groups excluding carboxylic acids is 1. The molecular formula is C18H27BrN2O2. The molecule has 0 aromatic heterocycles. The van der Waals surface area contributed by atoms with E-state index >= 15 is 0 Å². The highest BCUT2D eigenvalue weighted by Crippen LogP contribution is 2.26. The normalized spacial score (nSPS) is 16.3. The highest BCUT2D eigenvalue weighted by molar-refractivity contribution is 9.10. The first kappa shape index (κ1) is 18.3. The summed E-state index contributed by atoms with van der Waals surface area (Å²) in [6, 6.07) is 5.97. The minimum absolute atomic E-state index is 0.0515. The van der Waals surface area contributed by atoms with Crippen LogP contribution in [0.25, 0.3) is 0 Å². The molecule has 1 aliphatic rings. The number of aryl methyl sites for hydroxylation is 1. The van der Waals surface area contributed by atoms with Crippen LogP contribution in [0.15, 0.2) is 22.7 Å². The van der Waals surface area contributed by atoms with Gasteiger partial charge >= 0.3 is 0 Å². The van der Waals surface area contributed by atoms with Gasteiger partial charge in [-0.05, 0) is 85.4 Å². The maximum absolute atomic E-state index is 11.9. The van der Waals surface area contributed by atoms with Gasteiger partial charge in [0.1, 0.15) is 5.75 Å². The van der Waals surface area contributed by atoms with Gasteiger partial charge in [-0.25, -0.2) is 0 Å². The van der Waals surface area contributed by atoms with E-state index in [2.05, 4.69) is 40.1 Å². The molecule has 1 fully saturated rings. The Labute approximate surface area is 147 Å². The van der Waals surface area contributed by atoms with Crippen molar-refractivity contribution in [3.05, 3.63) is 28.2 Å². The molecule has 4 nitrogen and oxygen atoms in total. The Morgan fingerprint density at radius 2 is 2.13 bits per heavy atom. The fourth-order valence-corrected chi connectivity index (χ4v) is 3.38. The Morgan fingerprint density at radius 3 is 2.78 bits per heavy atom. The summed E-state index contributed by atoms with van der Waals surface area (Å²) in [5.41, 5.74) is 1.24. The third-order valence-electron chi connectivity index (χ3n) is 4.48. The van der Waals surface area contributed by atoms with Crippen LogP contribution in [0.4, 0.5) is 0 Å². The molecule has 5 heteroatoms. The topological polar surface area (TPSA) is 41.6 Å². The molecule has 1 aromatic carbocycles. The summed E-state index contributed by atoms with van der Waals surface area (Å²) >= 11 is 3.49. The maximum atomic E-state index is 11.9. The Balaban J connectivity index is 1.65. The Kier molecular flexibility index (Phi) is 7.37. The minimum Gasteiger partial charge on any atom is -0.483 e. The molecule has 2 rings (SSSR count). The maximum Gasteiger partial charge on any atom is 0.257 e. The Hall–Kier alpha value is -1.07. The second kappa shape index (κ2) is 9.28. The predicted molar refractivity (Wildman–Crippen MR) is 96.9 cm³/mol. The van der Waals surface area contributed by atoms with Gasteiger partial charge < -0.3 is 15.0 Å². The van der Waals surface area contributed by atoms with E-state index in [9.17, 15) is 4.79 Å². The SMILES string of the molecule is CCc1ccc(OCC(=O)NCCC2CCN(C)CC2)c(Br)c1. The molecule has 1 aliphatic heterocycles. The van der Waals surface area contributed by atoms with Crippen molar-refractivity contribution in [3.8, 4) is 5.75 Å². The van der Waals surface area contributed by atoms with E-state index in [0.29, 0.717) is 5.75 Å². The van der Waals surface area contributed by atoms with E-state index in [1.807, 2.05) is 18.2 Å². The zero-order valence-corrected chi connectivity index (χ0v) is 15.7.